The van der Waals surface area contributed by atoms with E-state index in [1.807, 2.05) is 0 Å². The van der Waals surface area contributed by atoms with Gasteiger partial charge in [0, 0.05) is 23.9 Å². The lowest BCUT2D eigenvalue weighted by Crippen LogP contribution is -2.39. The molecule has 1 saturated carbocycles. The van der Waals surface area contributed by atoms with Gasteiger partial charge in [-0.1, -0.05) is 0 Å². The van der Waals surface area contributed by atoms with Crippen molar-refractivity contribution in [2.75, 3.05) is 0 Å². The van der Waals surface area contributed by atoms with Gasteiger partial charge in [0.25, 0.3) is 5.91 Å². The first-order valence-electron chi connectivity index (χ1n) is 6.28. The van der Waals surface area contributed by atoms with Crippen molar-refractivity contribution in [3.05, 3.63) is 34.2 Å². The average molecular weight is 264 g/mol. The third-order valence-corrected chi connectivity index (χ3v) is 3.45. The van der Waals surface area contributed by atoms with E-state index in [1.165, 1.54) is 12.3 Å². The van der Waals surface area contributed by atoms with Gasteiger partial charge in [-0.25, -0.2) is 0 Å². The third kappa shape index (κ3) is 3.43. The predicted molar refractivity (Wildman–Crippen MR) is 67.9 cm³/mol. The zero-order chi connectivity index (χ0) is 13.8. The second-order valence-corrected chi connectivity index (χ2v) is 4.80. The molecule has 0 aromatic carbocycles. The molecule has 1 heterocycles. The van der Waals surface area contributed by atoms with E-state index in [0.717, 1.165) is 0 Å². The van der Waals surface area contributed by atoms with Crippen LogP contribution in [0.4, 0.5) is 0 Å². The number of carbonyl (C=O) groups excluding carboxylic acids is 1. The van der Waals surface area contributed by atoms with Crippen molar-refractivity contribution in [1.29, 1.82) is 0 Å². The minimum atomic E-state index is -0.764. The van der Waals surface area contributed by atoms with Crippen molar-refractivity contribution in [1.82, 2.24) is 10.3 Å². The quantitative estimate of drug-likeness (QED) is 0.750. The third-order valence-electron chi connectivity index (χ3n) is 3.45. The van der Waals surface area contributed by atoms with Gasteiger partial charge < -0.3 is 15.4 Å². The van der Waals surface area contributed by atoms with E-state index < -0.39 is 5.97 Å². The normalized spacial score (nSPS) is 22.7. The first-order valence-corrected chi connectivity index (χ1v) is 6.28. The molecule has 1 aromatic heterocycles. The monoisotopic (exact) mass is 264 g/mol. The van der Waals surface area contributed by atoms with E-state index in [-0.39, 0.29) is 23.4 Å². The van der Waals surface area contributed by atoms with Crippen LogP contribution in [0.15, 0.2) is 23.1 Å². The van der Waals surface area contributed by atoms with E-state index >= 15 is 0 Å². The lowest BCUT2D eigenvalue weighted by Gasteiger charge is -2.26. The fourth-order valence-corrected chi connectivity index (χ4v) is 2.34. The first kappa shape index (κ1) is 13.3. The zero-order valence-electron chi connectivity index (χ0n) is 10.4. The van der Waals surface area contributed by atoms with Crippen LogP contribution < -0.4 is 10.9 Å². The molecule has 2 rings (SSSR count). The van der Waals surface area contributed by atoms with Crippen LogP contribution in [-0.4, -0.2) is 28.0 Å². The molecular formula is C13H16N2O4. The number of aliphatic carboxylic acids is 1. The average Bonchev–Trinajstić information content (AvgIpc) is 2.39. The van der Waals surface area contributed by atoms with Crippen LogP contribution in [0.25, 0.3) is 0 Å². The Morgan fingerprint density at radius 1 is 1.26 bits per heavy atom. The number of H-pyrrole nitrogens is 1. The highest BCUT2D eigenvalue weighted by Crippen LogP contribution is 2.24. The highest BCUT2D eigenvalue weighted by molar-refractivity contribution is 5.94. The van der Waals surface area contributed by atoms with Gasteiger partial charge in [-0.2, -0.15) is 0 Å². The Kier molecular flexibility index (Phi) is 3.99. The fraction of sp³-hybridized carbons (Fsp3) is 0.462. The highest BCUT2D eigenvalue weighted by Gasteiger charge is 2.26. The van der Waals surface area contributed by atoms with Crippen molar-refractivity contribution < 1.29 is 14.7 Å². The number of carboxylic acids is 1. The number of amides is 1. The molecule has 1 fully saturated rings. The summed E-state index contributed by atoms with van der Waals surface area (Å²) < 4.78 is 0. The number of aromatic nitrogens is 1. The molecule has 1 amide bonds. The Labute approximate surface area is 109 Å². The van der Waals surface area contributed by atoms with Gasteiger partial charge in [0.2, 0.25) is 5.56 Å². The van der Waals surface area contributed by atoms with Gasteiger partial charge in [-0.05, 0) is 31.7 Å². The van der Waals surface area contributed by atoms with Crippen LogP contribution in [-0.2, 0) is 4.79 Å². The summed E-state index contributed by atoms with van der Waals surface area (Å²) in [4.78, 5) is 36.3. The number of hydrogen-bond acceptors (Lipinski definition) is 3. The molecule has 6 nitrogen and oxygen atoms in total. The van der Waals surface area contributed by atoms with Crippen LogP contribution in [0.1, 0.15) is 36.0 Å². The van der Waals surface area contributed by atoms with Gasteiger partial charge in [-0.3, -0.25) is 14.4 Å². The van der Waals surface area contributed by atoms with Gasteiger partial charge in [0.1, 0.15) is 0 Å². The molecule has 0 saturated heterocycles. The molecule has 0 radical (unpaired) electrons. The van der Waals surface area contributed by atoms with Crippen molar-refractivity contribution in [3.63, 3.8) is 0 Å². The van der Waals surface area contributed by atoms with E-state index in [9.17, 15) is 14.4 Å². The molecule has 0 atom stereocenters. The van der Waals surface area contributed by atoms with Gasteiger partial charge in [0.05, 0.1) is 5.92 Å². The summed E-state index contributed by atoms with van der Waals surface area (Å²) in [6, 6.07) is 2.78. The van der Waals surface area contributed by atoms with Gasteiger partial charge in [0.15, 0.2) is 0 Å². The largest absolute Gasteiger partial charge is 0.481 e. The Hall–Kier alpha value is -2.11. The van der Waals surface area contributed by atoms with Crippen molar-refractivity contribution in [2.45, 2.75) is 31.7 Å². The molecule has 0 unspecified atom stereocenters. The van der Waals surface area contributed by atoms with E-state index in [4.69, 9.17) is 5.11 Å². The molecule has 0 spiro atoms. The summed E-state index contributed by atoms with van der Waals surface area (Å²) in [7, 11) is 0. The molecule has 6 heteroatoms. The summed E-state index contributed by atoms with van der Waals surface area (Å²) in [6.07, 6.45) is 3.90. The van der Waals surface area contributed by atoms with E-state index in [1.54, 1.807) is 6.07 Å². The number of aromatic amines is 1. The number of pyridine rings is 1. The van der Waals surface area contributed by atoms with Crippen LogP contribution in [0.5, 0.6) is 0 Å². The van der Waals surface area contributed by atoms with E-state index in [2.05, 4.69) is 10.3 Å². The second kappa shape index (κ2) is 5.69. The first-order chi connectivity index (χ1) is 9.06. The van der Waals surface area contributed by atoms with Crippen molar-refractivity contribution in [2.24, 2.45) is 5.92 Å². The number of carbonyl (C=O) groups is 2. The fourth-order valence-electron chi connectivity index (χ4n) is 2.34. The van der Waals surface area contributed by atoms with Gasteiger partial charge >= 0.3 is 5.97 Å². The Morgan fingerprint density at radius 2 is 1.95 bits per heavy atom. The molecule has 102 valence electrons. The minimum absolute atomic E-state index is 0.0117. The maximum Gasteiger partial charge on any atom is 0.306 e. The standard InChI is InChI=1S/C13H16N2O4/c16-11-7-9(5-6-14-11)12(17)15-10-3-1-8(2-4-10)13(18)19/h5-8,10H,1-4H2,(H,14,16)(H,15,17)(H,18,19). The summed E-state index contributed by atoms with van der Waals surface area (Å²) in [5, 5.41) is 11.7. The maximum atomic E-state index is 11.9. The second-order valence-electron chi connectivity index (χ2n) is 4.80. The Morgan fingerprint density at radius 3 is 2.53 bits per heavy atom. The van der Waals surface area contributed by atoms with E-state index in [0.29, 0.717) is 31.2 Å². The van der Waals surface area contributed by atoms with Crippen molar-refractivity contribution in [3.8, 4) is 0 Å². The molecule has 3 N–H and O–H groups in total. The molecular weight excluding hydrogens is 248 g/mol. The molecule has 19 heavy (non-hydrogen) atoms. The topological polar surface area (TPSA) is 99.3 Å². The smallest absolute Gasteiger partial charge is 0.306 e. The number of carboxylic acid groups (broad SMARTS) is 1. The highest BCUT2D eigenvalue weighted by atomic mass is 16.4. The SMILES string of the molecule is O=C(NC1CCC(C(=O)O)CC1)c1cc[nH]c(=O)c1. The van der Waals surface area contributed by atoms with Crippen molar-refractivity contribution >= 4 is 11.9 Å². The summed E-state index contributed by atoms with van der Waals surface area (Å²) >= 11 is 0. The van der Waals surface area contributed by atoms with Crippen LogP contribution in [0.2, 0.25) is 0 Å². The Bertz CT molecular complexity index is 529. The summed E-state index contributed by atoms with van der Waals surface area (Å²) in [5.74, 6) is -1.35. The molecule has 1 aliphatic rings. The number of hydrogen-bond donors (Lipinski definition) is 3. The molecule has 0 aliphatic heterocycles. The molecule has 1 aromatic rings. The molecule has 1 aliphatic carbocycles. The van der Waals surface area contributed by atoms with Crippen LogP contribution >= 0.6 is 0 Å². The predicted octanol–water partition coefficient (Wildman–Crippen LogP) is 0.748. The Balaban J connectivity index is 1.91. The summed E-state index contributed by atoms with van der Waals surface area (Å²) in [6.45, 7) is 0. The maximum absolute atomic E-state index is 11.9. The lowest BCUT2D eigenvalue weighted by atomic mass is 9.86. The zero-order valence-corrected chi connectivity index (χ0v) is 10.4. The minimum Gasteiger partial charge on any atom is -0.481 e. The van der Waals surface area contributed by atoms with Gasteiger partial charge in [-0.15, -0.1) is 0 Å². The summed E-state index contributed by atoms with van der Waals surface area (Å²) in [5.41, 5.74) is 0.00587. The van der Waals surface area contributed by atoms with Crippen LogP contribution in [0, 0.1) is 5.92 Å². The van der Waals surface area contributed by atoms with Crippen LogP contribution in [0.3, 0.4) is 0 Å². The number of rotatable bonds is 3. The lowest BCUT2D eigenvalue weighted by molar-refractivity contribution is -0.142. The molecule has 0 bridgehead atoms. The number of nitrogens with one attached hydrogen (secondary N) is 2.